The quantitative estimate of drug-likeness (QED) is 0.705. The number of likely N-dealkylation sites (tertiary alicyclic amines) is 1. The van der Waals surface area contributed by atoms with E-state index < -0.39 is 0 Å². The highest BCUT2D eigenvalue weighted by atomic mass is 32.1. The van der Waals surface area contributed by atoms with E-state index in [4.69, 9.17) is 4.42 Å². The van der Waals surface area contributed by atoms with Gasteiger partial charge in [-0.25, -0.2) is 4.98 Å². The Balaban J connectivity index is 1.36. The summed E-state index contributed by atoms with van der Waals surface area (Å²) in [4.78, 5) is 45.4. The summed E-state index contributed by atoms with van der Waals surface area (Å²) in [5.74, 6) is -0.284. The molecular formula is C20H22N4O4S. The minimum Gasteiger partial charge on any atom is -0.472 e. The lowest BCUT2D eigenvalue weighted by molar-refractivity contribution is -0.122. The smallest absolute Gasteiger partial charge is 0.262 e. The van der Waals surface area contributed by atoms with E-state index in [-0.39, 0.29) is 30.0 Å². The van der Waals surface area contributed by atoms with Crippen molar-refractivity contribution in [2.24, 2.45) is 0 Å². The number of rotatable bonds is 4. The van der Waals surface area contributed by atoms with Crippen LogP contribution in [0.2, 0.25) is 0 Å². The first-order valence-electron chi connectivity index (χ1n) is 9.50. The Bertz CT molecular complexity index is 1110. The van der Waals surface area contributed by atoms with Crippen molar-refractivity contribution in [2.75, 3.05) is 13.1 Å². The van der Waals surface area contributed by atoms with Crippen LogP contribution in [0.1, 0.15) is 33.6 Å². The van der Waals surface area contributed by atoms with E-state index in [9.17, 15) is 14.4 Å². The van der Waals surface area contributed by atoms with E-state index in [0.29, 0.717) is 41.7 Å². The van der Waals surface area contributed by atoms with Gasteiger partial charge in [0.1, 0.15) is 17.6 Å². The fraction of sp³-hybridized carbons (Fsp3) is 0.400. The highest BCUT2D eigenvalue weighted by Crippen LogP contribution is 2.25. The molecule has 8 nitrogen and oxygen atoms in total. The lowest BCUT2D eigenvalue weighted by Gasteiger charge is -2.32. The number of thiophene rings is 1. The van der Waals surface area contributed by atoms with Crippen molar-refractivity contribution in [3.8, 4) is 0 Å². The molecule has 1 aliphatic rings. The minimum atomic E-state index is -0.225. The molecule has 0 atom stereocenters. The maximum absolute atomic E-state index is 12.7. The monoisotopic (exact) mass is 414 g/mol. The van der Waals surface area contributed by atoms with E-state index >= 15 is 0 Å². The predicted molar refractivity (Wildman–Crippen MR) is 109 cm³/mol. The lowest BCUT2D eigenvalue weighted by atomic mass is 10.0. The summed E-state index contributed by atoms with van der Waals surface area (Å²) in [5, 5.41) is 3.57. The first kappa shape index (κ1) is 19.4. The molecule has 0 saturated carbocycles. The van der Waals surface area contributed by atoms with Gasteiger partial charge in [-0.05, 0) is 38.3 Å². The van der Waals surface area contributed by atoms with Gasteiger partial charge in [0.2, 0.25) is 5.91 Å². The van der Waals surface area contributed by atoms with Crippen LogP contribution in [0, 0.1) is 13.8 Å². The van der Waals surface area contributed by atoms with Gasteiger partial charge >= 0.3 is 0 Å². The molecule has 3 aromatic heterocycles. The molecule has 152 valence electrons. The summed E-state index contributed by atoms with van der Waals surface area (Å²) < 4.78 is 6.32. The van der Waals surface area contributed by atoms with Gasteiger partial charge in [-0.15, -0.1) is 11.3 Å². The van der Waals surface area contributed by atoms with E-state index in [1.165, 1.54) is 34.8 Å². The maximum atomic E-state index is 12.7. The number of nitrogens with zero attached hydrogens (tertiary/aromatic N) is 3. The molecule has 1 fully saturated rings. The van der Waals surface area contributed by atoms with Crippen molar-refractivity contribution in [1.29, 1.82) is 0 Å². The second kappa shape index (κ2) is 7.82. The highest BCUT2D eigenvalue weighted by molar-refractivity contribution is 7.18. The van der Waals surface area contributed by atoms with Crippen LogP contribution >= 0.6 is 11.3 Å². The lowest BCUT2D eigenvalue weighted by Crippen LogP contribution is -2.47. The van der Waals surface area contributed by atoms with E-state index in [1.54, 1.807) is 11.0 Å². The molecule has 1 saturated heterocycles. The third-order valence-electron chi connectivity index (χ3n) is 5.39. The molecule has 0 radical (unpaired) electrons. The molecule has 2 amide bonds. The molecule has 0 aromatic carbocycles. The van der Waals surface area contributed by atoms with E-state index in [0.717, 1.165) is 10.4 Å². The normalized spacial score (nSPS) is 15.0. The molecule has 4 heterocycles. The Kier molecular flexibility index (Phi) is 5.23. The molecule has 3 aromatic rings. The number of carbonyl (C=O) groups is 2. The second-order valence-corrected chi connectivity index (χ2v) is 8.49. The van der Waals surface area contributed by atoms with Gasteiger partial charge in [-0.2, -0.15) is 0 Å². The Morgan fingerprint density at radius 2 is 2.07 bits per heavy atom. The number of aromatic nitrogens is 2. The number of fused-ring (bicyclic) bond motifs is 1. The zero-order valence-corrected chi connectivity index (χ0v) is 17.1. The molecule has 4 rings (SSSR count). The number of hydrogen-bond donors (Lipinski definition) is 1. The molecule has 1 aliphatic heterocycles. The largest absolute Gasteiger partial charge is 0.472 e. The van der Waals surface area contributed by atoms with Crippen LogP contribution in [0.25, 0.3) is 10.2 Å². The number of aryl methyl sites for hydroxylation is 2. The first-order valence-corrected chi connectivity index (χ1v) is 10.3. The Labute approximate surface area is 171 Å². The zero-order chi connectivity index (χ0) is 20.5. The van der Waals surface area contributed by atoms with Gasteiger partial charge in [0, 0.05) is 24.0 Å². The van der Waals surface area contributed by atoms with Crippen molar-refractivity contribution >= 4 is 33.4 Å². The summed E-state index contributed by atoms with van der Waals surface area (Å²) >= 11 is 1.49. The molecule has 29 heavy (non-hydrogen) atoms. The number of hydrogen-bond acceptors (Lipinski definition) is 6. The van der Waals surface area contributed by atoms with Crippen LogP contribution in [0.3, 0.4) is 0 Å². The van der Waals surface area contributed by atoms with Crippen molar-refractivity contribution in [3.63, 3.8) is 0 Å². The van der Waals surface area contributed by atoms with Gasteiger partial charge < -0.3 is 14.6 Å². The first-order chi connectivity index (χ1) is 13.9. The van der Waals surface area contributed by atoms with Gasteiger partial charge in [-0.3, -0.25) is 19.0 Å². The summed E-state index contributed by atoms with van der Waals surface area (Å²) in [6.45, 7) is 4.93. The predicted octanol–water partition coefficient (Wildman–Crippen LogP) is 2.09. The van der Waals surface area contributed by atoms with Gasteiger partial charge in [0.25, 0.3) is 11.5 Å². The van der Waals surface area contributed by atoms with Gasteiger partial charge in [0.15, 0.2) is 0 Å². The molecule has 0 unspecified atom stereocenters. The Morgan fingerprint density at radius 1 is 1.31 bits per heavy atom. The number of amides is 2. The highest BCUT2D eigenvalue weighted by Gasteiger charge is 2.25. The van der Waals surface area contributed by atoms with Crippen molar-refractivity contribution < 1.29 is 14.0 Å². The van der Waals surface area contributed by atoms with Crippen LogP contribution in [-0.4, -0.2) is 45.4 Å². The van der Waals surface area contributed by atoms with Crippen LogP contribution < -0.4 is 10.9 Å². The molecule has 9 heteroatoms. The van der Waals surface area contributed by atoms with Crippen LogP contribution in [0.5, 0.6) is 0 Å². The average Bonchev–Trinajstić information content (AvgIpc) is 3.33. The Morgan fingerprint density at radius 3 is 2.76 bits per heavy atom. The second-order valence-electron chi connectivity index (χ2n) is 7.29. The molecule has 1 N–H and O–H groups in total. The molecule has 0 bridgehead atoms. The zero-order valence-electron chi connectivity index (χ0n) is 16.3. The summed E-state index contributed by atoms with van der Waals surface area (Å²) in [6, 6.07) is 1.63. The fourth-order valence-corrected chi connectivity index (χ4v) is 4.59. The third kappa shape index (κ3) is 3.82. The van der Waals surface area contributed by atoms with Crippen LogP contribution in [0.4, 0.5) is 0 Å². The van der Waals surface area contributed by atoms with Crippen molar-refractivity contribution in [3.05, 3.63) is 51.3 Å². The number of furan rings is 1. The fourth-order valence-electron chi connectivity index (χ4n) is 3.61. The molecular weight excluding hydrogens is 392 g/mol. The van der Waals surface area contributed by atoms with Crippen molar-refractivity contribution in [2.45, 2.75) is 39.3 Å². The number of piperidine rings is 1. The third-order valence-corrected chi connectivity index (χ3v) is 6.50. The average molecular weight is 414 g/mol. The SMILES string of the molecule is Cc1sc2ncn(CC(=O)NC3CCN(C(=O)c4ccoc4)CC3)c(=O)c2c1C. The van der Waals surface area contributed by atoms with Crippen LogP contribution in [-0.2, 0) is 11.3 Å². The Hall–Kier alpha value is -2.94. The molecule has 0 aliphatic carbocycles. The standard InChI is InChI=1S/C20H22N4O4S/c1-12-13(2)29-18-17(12)20(27)24(11-21-18)9-16(25)22-15-3-6-23(7-4-15)19(26)14-5-8-28-10-14/h5,8,10-11,15H,3-4,6-7,9H2,1-2H3,(H,22,25). The number of carbonyl (C=O) groups excluding carboxylic acids is 2. The van der Waals surface area contributed by atoms with Crippen molar-refractivity contribution in [1.82, 2.24) is 19.8 Å². The summed E-state index contributed by atoms with van der Waals surface area (Å²) in [5.41, 5.74) is 1.27. The number of nitrogens with one attached hydrogen (secondary N) is 1. The van der Waals surface area contributed by atoms with E-state index in [2.05, 4.69) is 10.3 Å². The molecule has 0 spiro atoms. The summed E-state index contributed by atoms with van der Waals surface area (Å²) in [6.07, 6.45) is 5.70. The minimum absolute atomic E-state index is 0.0200. The summed E-state index contributed by atoms with van der Waals surface area (Å²) in [7, 11) is 0. The van der Waals surface area contributed by atoms with E-state index in [1.807, 2.05) is 13.8 Å². The van der Waals surface area contributed by atoms with Gasteiger partial charge in [-0.1, -0.05) is 0 Å². The van der Waals surface area contributed by atoms with Crippen LogP contribution in [0.15, 0.2) is 34.1 Å². The maximum Gasteiger partial charge on any atom is 0.262 e. The van der Waals surface area contributed by atoms with Gasteiger partial charge in [0.05, 0.1) is 23.5 Å². The topological polar surface area (TPSA) is 97.4 Å².